The fourth-order valence-electron chi connectivity index (χ4n) is 2.30. The SMILES string of the molecule is Cc1cc(NC(=O)C(C)N2CCCCCC2)no1. The molecular formula is C13H21N3O2. The molecular weight excluding hydrogens is 230 g/mol. The molecule has 18 heavy (non-hydrogen) atoms. The topological polar surface area (TPSA) is 58.4 Å². The number of nitrogens with zero attached hydrogens (tertiary/aromatic N) is 2. The number of aromatic nitrogens is 1. The average molecular weight is 251 g/mol. The summed E-state index contributed by atoms with van der Waals surface area (Å²) in [7, 11) is 0. The molecule has 100 valence electrons. The minimum Gasteiger partial charge on any atom is -0.360 e. The molecule has 1 aromatic heterocycles. The fraction of sp³-hybridized carbons (Fsp3) is 0.692. The lowest BCUT2D eigenvalue weighted by atomic mass is 10.2. The van der Waals surface area contributed by atoms with Gasteiger partial charge < -0.3 is 9.84 Å². The van der Waals surface area contributed by atoms with Gasteiger partial charge in [-0.05, 0) is 39.8 Å². The van der Waals surface area contributed by atoms with Crippen LogP contribution in [0.15, 0.2) is 10.6 Å². The monoisotopic (exact) mass is 251 g/mol. The highest BCUT2D eigenvalue weighted by Gasteiger charge is 2.22. The predicted molar refractivity (Wildman–Crippen MR) is 69.4 cm³/mol. The third-order valence-electron chi connectivity index (χ3n) is 3.45. The number of aryl methyl sites for hydroxylation is 1. The van der Waals surface area contributed by atoms with Gasteiger partial charge in [0.15, 0.2) is 5.82 Å². The predicted octanol–water partition coefficient (Wildman–Crippen LogP) is 2.19. The first-order valence-electron chi connectivity index (χ1n) is 6.65. The summed E-state index contributed by atoms with van der Waals surface area (Å²) in [5.41, 5.74) is 0. The normalized spacial score (nSPS) is 19.2. The van der Waals surface area contributed by atoms with Crippen molar-refractivity contribution in [2.24, 2.45) is 0 Å². The molecule has 1 saturated heterocycles. The highest BCUT2D eigenvalue weighted by molar-refractivity contribution is 5.93. The van der Waals surface area contributed by atoms with E-state index in [-0.39, 0.29) is 11.9 Å². The standard InChI is InChI=1S/C13H21N3O2/c1-10-9-12(15-18-10)14-13(17)11(2)16-7-5-3-4-6-8-16/h9,11H,3-8H2,1-2H3,(H,14,15,17). The lowest BCUT2D eigenvalue weighted by Gasteiger charge is -2.26. The molecule has 2 rings (SSSR count). The van der Waals surface area contributed by atoms with Gasteiger partial charge in [0.05, 0.1) is 6.04 Å². The van der Waals surface area contributed by atoms with Crippen molar-refractivity contribution < 1.29 is 9.32 Å². The third kappa shape index (κ3) is 3.32. The highest BCUT2D eigenvalue weighted by Crippen LogP contribution is 2.14. The Morgan fingerprint density at radius 1 is 1.39 bits per heavy atom. The zero-order valence-electron chi connectivity index (χ0n) is 11.1. The van der Waals surface area contributed by atoms with E-state index in [9.17, 15) is 4.79 Å². The Morgan fingerprint density at radius 3 is 2.61 bits per heavy atom. The maximum Gasteiger partial charge on any atom is 0.242 e. The molecule has 0 spiro atoms. The van der Waals surface area contributed by atoms with Crippen molar-refractivity contribution in [2.45, 2.75) is 45.6 Å². The number of carbonyl (C=O) groups excluding carboxylic acids is 1. The number of nitrogens with one attached hydrogen (secondary N) is 1. The highest BCUT2D eigenvalue weighted by atomic mass is 16.5. The van der Waals surface area contributed by atoms with E-state index in [0.29, 0.717) is 11.6 Å². The van der Waals surface area contributed by atoms with E-state index in [1.54, 1.807) is 13.0 Å². The van der Waals surface area contributed by atoms with Gasteiger partial charge in [0, 0.05) is 6.07 Å². The van der Waals surface area contributed by atoms with Crippen LogP contribution in [0.3, 0.4) is 0 Å². The van der Waals surface area contributed by atoms with Gasteiger partial charge in [-0.25, -0.2) is 0 Å². The number of carbonyl (C=O) groups is 1. The lowest BCUT2D eigenvalue weighted by Crippen LogP contribution is -2.42. The van der Waals surface area contributed by atoms with E-state index in [2.05, 4.69) is 15.4 Å². The summed E-state index contributed by atoms with van der Waals surface area (Å²) in [6.07, 6.45) is 4.90. The summed E-state index contributed by atoms with van der Waals surface area (Å²) in [5, 5.41) is 6.57. The summed E-state index contributed by atoms with van der Waals surface area (Å²) in [6, 6.07) is 1.62. The summed E-state index contributed by atoms with van der Waals surface area (Å²) in [6.45, 7) is 5.77. The molecule has 0 aliphatic carbocycles. The second-order valence-electron chi connectivity index (χ2n) is 4.94. The number of anilines is 1. The van der Waals surface area contributed by atoms with Gasteiger partial charge in [0.25, 0.3) is 0 Å². The maximum atomic E-state index is 12.1. The lowest BCUT2D eigenvalue weighted by molar-refractivity contribution is -0.120. The summed E-state index contributed by atoms with van der Waals surface area (Å²) in [4.78, 5) is 14.3. The van der Waals surface area contributed by atoms with Gasteiger partial charge in [-0.2, -0.15) is 0 Å². The van der Waals surface area contributed by atoms with Crippen LogP contribution in [0.25, 0.3) is 0 Å². The van der Waals surface area contributed by atoms with Gasteiger partial charge in [-0.15, -0.1) is 0 Å². The number of hydrogen-bond acceptors (Lipinski definition) is 4. The molecule has 1 N–H and O–H groups in total. The Kier molecular flexibility index (Phi) is 4.36. The molecule has 5 nitrogen and oxygen atoms in total. The van der Waals surface area contributed by atoms with Gasteiger partial charge in [0.1, 0.15) is 5.76 Å². The van der Waals surface area contributed by atoms with E-state index in [1.165, 1.54) is 25.7 Å². The van der Waals surface area contributed by atoms with E-state index in [1.807, 2.05) is 6.92 Å². The van der Waals surface area contributed by atoms with Crippen LogP contribution < -0.4 is 5.32 Å². The molecule has 5 heteroatoms. The molecule has 0 bridgehead atoms. The summed E-state index contributed by atoms with van der Waals surface area (Å²) in [5.74, 6) is 1.19. The van der Waals surface area contributed by atoms with Crippen LogP contribution in [0, 0.1) is 6.92 Å². The quantitative estimate of drug-likeness (QED) is 0.894. The molecule has 2 heterocycles. The van der Waals surface area contributed by atoms with Crippen LogP contribution in [0.5, 0.6) is 0 Å². The molecule has 0 saturated carbocycles. The van der Waals surface area contributed by atoms with E-state index < -0.39 is 0 Å². The van der Waals surface area contributed by atoms with Gasteiger partial charge in [0.2, 0.25) is 5.91 Å². The van der Waals surface area contributed by atoms with E-state index in [4.69, 9.17) is 4.52 Å². The Labute approximate surface area is 108 Å². The largest absolute Gasteiger partial charge is 0.360 e. The Morgan fingerprint density at radius 2 is 2.06 bits per heavy atom. The van der Waals surface area contributed by atoms with Crippen molar-refractivity contribution in [2.75, 3.05) is 18.4 Å². The summed E-state index contributed by atoms with van der Waals surface area (Å²) < 4.78 is 4.93. The van der Waals surface area contributed by atoms with E-state index >= 15 is 0 Å². The summed E-state index contributed by atoms with van der Waals surface area (Å²) >= 11 is 0. The van der Waals surface area contributed by atoms with Crippen LogP contribution in [0.2, 0.25) is 0 Å². The van der Waals surface area contributed by atoms with Crippen molar-refractivity contribution in [3.8, 4) is 0 Å². The zero-order valence-corrected chi connectivity index (χ0v) is 11.1. The van der Waals surface area contributed by atoms with Gasteiger partial charge in [-0.1, -0.05) is 18.0 Å². The van der Waals surface area contributed by atoms with Crippen molar-refractivity contribution in [1.82, 2.24) is 10.1 Å². The molecule has 1 aliphatic rings. The van der Waals surface area contributed by atoms with Crippen LogP contribution in [-0.2, 0) is 4.79 Å². The smallest absolute Gasteiger partial charge is 0.242 e. The first-order chi connectivity index (χ1) is 8.66. The van der Waals surface area contributed by atoms with Crippen molar-refractivity contribution in [3.63, 3.8) is 0 Å². The Balaban J connectivity index is 1.91. The number of hydrogen-bond donors (Lipinski definition) is 1. The number of likely N-dealkylation sites (tertiary alicyclic amines) is 1. The van der Waals surface area contributed by atoms with Gasteiger partial charge >= 0.3 is 0 Å². The van der Waals surface area contributed by atoms with Crippen LogP contribution in [0.4, 0.5) is 5.82 Å². The Hall–Kier alpha value is -1.36. The molecule has 0 radical (unpaired) electrons. The second kappa shape index (κ2) is 6.00. The maximum absolute atomic E-state index is 12.1. The third-order valence-corrected chi connectivity index (χ3v) is 3.45. The van der Waals surface area contributed by atoms with Crippen molar-refractivity contribution in [3.05, 3.63) is 11.8 Å². The molecule has 1 aromatic rings. The minimum atomic E-state index is -0.111. The van der Waals surface area contributed by atoms with Gasteiger partial charge in [-0.3, -0.25) is 9.69 Å². The molecule has 1 aliphatic heterocycles. The van der Waals surface area contributed by atoms with Crippen LogP contribution in [-0.4, -0.2) is 35.1 Å². The van der Waals surface area contributed by atoms with E-state index in [0.717, 1.165) is 13.1 Å². The van der Waals surface area contributed by atoms with Crippen molar-refractivity contribution >= 4 is 11.7 Å². The van der Waals surface area contributed by atoms with Crippen molar-refractivity contribution in [1.29, 1.82) is 0 Å². The number of rotatable bonds is 3. The first kappa shape index (κ1) is 13.1. The number of amides is 1. The zero-order chi connectivity index (χ0) is 13.0. The molecule has 1 atom stereocenters. The Bertz CT molecular complexity index is 395. The second-order valence-corrected chi connectivity index (χ2v) is 4.94. The molecule has 1 fully saturated rings. The average Bonchev–Trinajstić information content (AvgIpc) is 2.62. The van der Waals surface area contributed by atoms with Crippen LogP contribution >= 0.6 is 0 Å². The molecule has 0 aromatic carbocycles. The molecule has 1 unspecified atom stereocenters. The molecule has 1 amide bonds. The fourth-order valence-corrected chi connectivity index (χ4v) is 2.30. The first-order valence-corrected chi connectivity index (χ1v) is 6.65. The minimum absolute atomic E-state index is 0.00907. The van der Waals surface area contributed by atoms with Crippen LogP contribution in [0.1, 0.15) is 38.4 Å².